The molecule has 19 heavy (non-hydrogen) atoms. The number of hydrogen-bond acceptors (Lipinski definition) is 4. The zero-order chi connectivity index (χ0) is 14.5. The van der Waals surface area contributed by atoms with Crippen molar-refractivity contribution in [2.24, 2.45) is 0 Å². The SMILES string of the molecule is CC(C(=O)NCC(=O)O)(c1ccccc1)N(O)C=O. The van der Waals surface area contributed by atoms with E-state index in [1.807, 2.05) is 0 Å². The number of carbonyl (C=O) groups excluding carboxylic acids is 2. The summed E-state index contributed by atoms with van der Waals surface area (Å²) >= 11 is 0. The van der Waals surface area contributed by atoms with E-state index >= 15 is 0 Å². The molecular weight excluding hydrogens is 252 g/mol. The minimum atomic E-state index is -1.70. The quantitative estimate of drug-likeness (QED) is 0.380. The van der Waals surface area contributed by atoms with Gasteiger partial charge in [-0.2, -0.15) is 0 Å². The maximum Gasteiger partial charge on any atom is 0.322 e. The fraction of sp³-hybridized carbons (Fsp3) is 0.250. The van der Waals surface area contributed by atoms with Gasteiger partial charge in [0.05, 0.1) is 0 Å². The summed E-state index contributed by atoms with van der Waals surface area (Å²) in [4.78, 5) is 33.2. The summed E-state index contributed by atoms with van der Waals surface area (Å²) in [5.41, 5.74) is -1.34. The maximum atomic E-state index is 12.0. The monoisotopic (exact) mass is 266 g/mol. The average Bonchev–Trinajstić information content (AvgIpc) is 2.43. The molecule has 0 radical (unpaired) electrons. The average molecular weight is 266 g/mol. The number of hydrogen-bond donors (Lipinski definition) is 3. The van der Waals surface area contributed by atoms with Crippen LogP contribution in [0, 0.1) is 0 Å². The molecule has 1 unspecified atom stereocenters. The topological polar surface area (TPSA) is 107 Å². The zero-order valence-corrected chi connectivity index (χ0v) is 10.2. The van der Waals surface area contributed by atoms with Gasteiger partial charge in [0.1, 0.15) is 6.54 Å². The molecule has 2 amide bonds. The lowest BCUT2D eigenvalue weighted by atomic mass is 9.90. The Bertz CT molecular complexity index is 476. The summed E-state index contributed by atoms with van der Waals surface area (Å²) in [5.74, 6) is -2.02. The molecule has 7 heteroatoms. The van der Waals surface area contributed by atoms with Crippen LogP contribution in [0.15, 0.2) is 30.3 Å². The third kappa shape index (κ3) is 3.08. The molecule has 1 aromatic rings. The highest BCUT2D eigenvalue weighted by molar-refractivity contribution is 5.90. The van der Waals surface area contributed by atoms with Crippen LogP contribution in [0.4, 0.5) is 0 Å². The maximum absolute atomic E-state index is 12.0. The van der Waals surface area contributed by atoms with Gasteiger partial charge in [0, 0.05) is 0 Å². The van der Waals surface area contributed by atoms with Crippen LogP contribution in [-0.4, -0.2) is 40.2 Å². The van der Waals surface area contributed by atoms with Gasteiger partial charge >= 0.3 is 5.97 Å². The van der Waals surface area contributed by atoms with Crippen LogP contribution in [0.2, 0.25) is 0 Å². The van der Waals surface area contributed by atoms with Gasteiger partial charge in [0.15, 0.2) is 5.54 Å². The van der Waals surface area contributed by atoms with E-state index in [2.05, 4.69) is 5.32 Å². The Kier molecular flexibility index (Phi) is 4.60. The van der Waals surface area contributed by atoms with Gasteiger partial charge in [-0.25, -0.2) is 5.06 Å². The van der Waals surface area contributed by atoms with Crippen LogP contribution in [0.3, 0.4) is 0 Å². The van der Waals surface area contributed by atoms with Crippen molar-refractivity contribution in [3.63, 3.8) is 0 Å². The van der Waals surface area contributed by atoms with Crippen LogP contribution < -0.4 is 5.32 Å². The Morgan fingerprint density at radius 2 is 1.95 bits per heavy atom. The third-order valence-electron chi connectivity index (χ3n) is 2.74. The molecular formula is C12H14N2O5. The fourth-order valence-corrected chi connectivity index (χ4v) is 1.56. The van der Waals surface area contributed by atoms with Crippen molar-refractivity contribution in [2.45, 2.75) is 12.5 Å². The normalized spacial score (nSPS) is 13.2. The van der Waals surface area contributed by atoms with Crippen LogP contribution in [0.5, 0.6) is 0 Å². The van der Waals surface area contributed by atoms with Gasteiger partial charge in [-0.3, -0.25) is 19.6 Å². The summed E-state index contributed by atoms with van der Waals surface area (Å²) in [6.45, 7) is 0.710. The number of carboxylic acid groups (broad SMARTS) is 1. The number of nitrogens with one attached hydrogen (secondary N) is 1. The first-order chi connectivity index (χ1) is 8.92. The van der Waals surface area contributed by atoms with E-state index in [0.717, 1.165) is 0 Å². The lowest BCUT2D eigenvalue weighted by Crippen LogP contribution is -2.53. The summed E-state index contributed by atoms with van der Waals surface area (Å²) < 4.78 is 0. The van der Waals surface area contributed by atoms with Crippen molar-refractivity contribution in [3.8, 4) is 0 Å². The van der Waals surface area contributed by atoms with Crippen LogP contribution >= 0.6 is 0 Å². The van der Waals surface area contributed by atoms with Gasteiger partial charge < -0.3 is 10.4 Å². The van der Waals surface area contributed by atoms with E-state index in [-0.39, 0.29) is 11.5 Å². The molecule has 3 N–H and O–H groups in total. The number of carbonyl (C=O) groups is 3. The molecule has 0 aliphatic carbocycles. The van der Waals surface area contributed by atoms with Crippen molar-refractivity contribution in [2.75, 3.05) is 6.54 Å². The van der Waals surface area contributed by atoms with E-state index in [4.69, 9.17) is 5.11 Å². The van der Waals surface area contributed by atoms with Gasteiger partial charge in [0.2, 0.25) is 6.41 Å². The van der Waals surface area contributed by atoms with Crippen molar-refractivity contribution >= 4 is 18.3 Å². The van der Waals surface area contributed by atoms with Crippen LogP contribution in [-0.2, 0) is 19.9 Å². The standard InChI is InChI=1S/C12H14N2O5/c1-12(14(19)8-15,9-5-3-2-4-6-9)11(18)13-7-10(16)17/h2-6,8,19H,7H2,1H3,(H,13,18)(H,16,17). The molecule has 0 fully saturated rings. The summed E-state index contributed by atoms with van der Waals surface area (Å²) in [6.07, 6.45) is 0.0906. The number of nitrogens with zero attached hydrogens (tertiary/aromatic N) is 1. The second kappa shape index (κ2) is 5.96. The predicted octanol–water partition coefficient (Wildman–Crippen LogP) is -0.0498. The highest BCUT2D eigenvalue weighted by Crippen LogP contribution is 2.26. The van der Waals surface area contributed by atoms with Crippen molar-refractivity contribution in [1.29, 1.82) is 0 Å². The van der Waals surface area contributed by atoms with E-state index in [1.165, 1.54) is 6.92 Å². The lowest BCUT2D eigenvalue weighted by Gasteiger charge is -2.33. The second-order valence-electron chi connectivity index (χ2n) is 3.96. The molecule has 0 aliphatic rings. The first-order valence-electron chi connectivity index (χ1n) is 5.42. The lowest BCUT2D eigenvalue weighted by molar-refractivity contribution is -0.185. The number of amides is 2. The highest BCUT2D eigenvalue weighted by Gasteiger charge is 2.40. The Labute approximate surface area is 109 Å². The molecule has 7 nitrogen and oxygen atoms in total. The minimum absolute atomic E-state index is 0.0906. The number of benzene rings is 1. The molecule has 0 spiro atoms. The first kappa shape index (κ1) is 14.7. The molecule has 1 rings (SSSR count). The van der Waals surface area contributed by atoms with Crippen molar-refractivity contribution in [1.82, 2.24) is 10.4 Å². The first-order valence-corrected chi connectivity index (χ1v) is 5.42. The van der Waals surface area contributed by atoms with Crippen molar-refractivity contribution in [3.05, 3.63) is 35.9 Å². The van der Waals surface area contributed by atoms with E-state index in [1.54, 1.807) is 30.3 Å². The number of hydroxylamine groups is 2. The number of rotatable bonds is 6. The zero-order valence-electron chi connectivity index (χ0n) is 10.2. The predicted molar refractivity (Wildman–Crippen MR) is 64.1 cm³/mol. The Balaban J connectivity index is 3.10. The number of aliphatic carboxylic acids is 1. The third-order valence-corrected chi connectivity index (χ3v) is 2.74. The summed E-state index contributed by atoms with van der Waals surface area (Å²) in [5, 5.41) is 20.5. The molecule has 0 saturated carbocycles. The highest BCUT2D eigenvalue weighted by atomic mass is 16.5. The summed E-state index contributed by atoms with van der Waals surface area (Å²) in [6, 6.07) is 8.08. The van der Waals surface area contributed by atoms with Gasteiger partial charge in [0.25, 0.3) is 5.91 Å². The van der Waals surface area contributed by atoms with Gasteiger partial charge in [-0.15, -0.1) is 0 Å². The Hall–Kier alpha value is -2.41. The fourth-order valence-electron chi connectivity index (χ4n) is 1.56. The van der Waals surface area contributed by atoms with E-state index in [9.17, 15) is 19.6 Å². The Morgan fingerprint density at radius 3 is 2.42 bits per heavy atom. The molecule has 0 aromatic heterocycles. The van der Waals surface area contributed by atoms with Gasteiger partial charge in [-0.05, 0) is 12.5 Å². The molecule has 1 atom stereocenters. The van der Waals surface area contributed by atoms with E-state index in [0.29, 0.717) is 5.56 Å². The molecule has 0 bridgehead atoms. The molecule has 0 saturated heterocycles. The largest absolute Gasteiger partial charge is 0.480 e. The van der Waals surface area contributed by atoms with E-state index < -0.39 is 24.0 Å². The molecule has 0 heterocycles. The smallest absolute Gasteiger partial charge is 0.322 e. The van der Waals surface area contributed by atoms with Crippen molar-refractivity contribution < 1.29 is 24.7 Å². The van der Waals surface area contributed by atoms with Crippen LogP contribution in [0.1, 0.15) is 12.5 Å². The summed E-state index contributed by atoms with van der Waals surface area (Å²) in [7, 11) is 0. The second-order valence-corrected chi connectivity index (χ2v) is 3.96. The van der Waals surface area contributed by atoms with Crippen LogP contribution in [0.25, 0.3) is 0 Å². The minimum Gasteiger partial charge on any atom is -0.480 e. The van der Waals surface area contributed by atoms with Gasteiger partial charge in [-0.1, -0.05) is 30.3 Å². The molecule has 102 valence electrons. The number of carboxylic acids is 1. The molecule has 1 aromatic carbocycles. The Morgan fingerprint density at radius 1 is 1.37 bits per heavy atom. The molecule has 0 aliphatic heterocycles.